The summed E-state index contributed by atoms with van der Waals surface area (Å²) in [7, 11) is 0. The predicted octanol–water partition coefficient (Wildman–Crippen LogP) is 14.5. The van der Waals surface area contributed by atoms with Crippen LogP contribution in [0.25, 0.3) is 72.4 Å². The molecule has 3 aromatic heterocycles. The minimum atomic E-state index is -0.0459. The summed E-state index contributed by atoms with van der Waals surface area (Å²) in [6.45, 7) is 13.0. The molecule has 0 unspecified atom stereocenters. The van der Waals surface area contributed by atoms with Gasteiger partial charge in [0.15, 0.2) is 0 Å². The number of benzene rings is 7. The normalized spacial score (nSPS) is 12.1. The van der Waals surface area contributed by atoms with Gasteiger partial charge in [0.1, 0.15) is 5.82 Å². The van der Waals surface area contributed by atoms with Crippen LogP contribution in [0.1, 0.15) is 37.7 Å². The maximum Gasteiger partial charge on any atom is 0.135 e. The van der Waals surface area contributed by atoms with Crippen LogP contribution in [0.5, 0.6) is 11.5 Å². The number of nitrogens with zero attached hydrogens (tertiary/aromatic N) is 5. The molecular weight excluding hydrogens is 966 g/mol. The Morgan fingerprint density at radius 3 is 2.02 bits per heavy atom. The van der Waals surface area contributed by atoms with Gasteiger partial charge in [0.2, 0.25) is 0 Å². The van der Waals surface area contributed by atoms with Crippen molar-refractivity contribution in [3.63, 3.8) is 0 Å². The second-order valence-corrected chi connectivity index (χ2v) is 17.2. The maximum atomic E-state index is 7.02. The van der Waals surface area contributed by atoms with Crippen molar-refractivity contribution in [3.05, 3.63) is 206 Å². The van der Waals surface area contributed by atoms with E-state index in [-0.39, 0.29) is 26.5 Å². The quantitative estimate of drug-likeness (QED) is 0.149. The Labute approximate surface area is 388 Å². The van der Waals surface area contributed by atoms with E-state index in [1.54, 1.807) is 0 Å². The Morgan fingerprint density at radius 1 is 0.609 bits per heavy atom. The molecule has 1 aliphatic heterocycles. The predicted molar refractivity (Wildman–Crippen MR) is 257 cm³/mol. The Kier molecular flexibility index (Phi) is 10.4. The minimum Gasteiger partial charge on any atom is -0.509 e. The van der Waals surface area contributed by atoms with Gasteiger partial charge in [-0.3, -0.25) is 0 Å². The van der Waals surface area contributed by atoms with Crippen LogP contribution < -0.4 is 9.64 Å². The molecule has 4 heterocycles. The second kappa shape index (κ2) is 16.2. The molecule has 0 saturated heterocycles. The molecule has 0 bridgehead atoms. The zero-order valence-electron chi connectivity index (χ0n) is 36.2. The first-order valence-electron chi connectivity index (χ1n) is 21.4. The zero-order chi connectivity index (χ0) is 42.8. The fraction of sp³-hybridized carbons (Fsp3) is 0.105. The molecule has 0 radical (unpaired) electrons. The average molecular weight is 1010 g/mol. The van der Waals surface area contributed by atoms with E-state index in [0.717, 1.165) is 95.2 Å². The molecule has 7 heteroatoms. The van der Waals surface area contributed by atoms with E-state index in [9.17, 15) is 0 Å². The molecule has 0 fully saturated rings. The molecule has 7 aromatic carbocycles. The first-order valence-corrected chi connectivity index (χ1v) is 21.4. The topological polar surface area (TPSA) is 48.1 Å². The van der Waals surface area contributed by atoms with Crippen LogP contribution in [0.2, 0.25) is 0 Å². The molecular formula is C57H44N5OPt-3. The third-order valence-corrected chi connectivity index (χ3v) is 12.3. The van der Waals surface area contributed by atoms with Crippen LogP contribution in [0.3, 0.4) is 0 Å². The summed E-state index contributed by atoms with van der Waals surface area (Å²) in [6, 6.07) is 64.9. The summed E-state index contributed by atoms with van der Waals surface area (Å²) < 4.78 is 11.4. The summed E-state index contributed by atoms with van der Waals surface area (Å²) in [4.78, 5) is 12.1. The fourth-order valence-electron chi connectivity index (χ4n) is 8.94. The van der Waals surface area contributed by atoms with E-state index in [1.165, 1.54) is 5.56 Å². The Bertz CT molecular complexity index is 3300. The Balaban J connectivity index is 0.00000484. The average Bonchev–Trinajstić information content (AvgIpc) is 3.80. The van der Waals surface area contributed by atoms with Gasteiger partial charge in [-0.25, -0.2) is 4.98 Å². The van der Waals surface area contributed by atoms with Crippen molar-refractivity contribution in [2.75, 3.05) is 4.90 Å². The largest absolute Gasteiger partial charge is 0.509 e. The van der Waals surface area contributed by atoms with Crippen LogP contribution in [0.4, 0.5) is 11.4 Å². The Hall–Kier alpha value is -7.14. The SMILES string of the molecule is Cc1nc2n(c1C)[CH-]N(c1[c-]c(Oc3[c-]c4c(cc3)c3ccccc3n4-c3cc(C(C)(C)C)ccn3)cc(-c3c(-c4ccccc4)cccc3-c3ccccc3)c1)c1ccccc1-2.[Pt]. The minimum absolute atomic E-state index is 0. The van der Waals surface area contributed by atoms with Crippen molar-refractivity contribution in [2.24, 2.45) is 0 Å². The molecule has 11 rings (SSSR count). The summed E-state index contributed by atoms with van der Waals surface area (Å²) in [5, 5.41) is 2.20. The summed E-state index contributed by atoms with van der Waals surface area (Å²) in [5.41, 5.74) is 14.6. The monoisotopic (exact) mass is 1010 g/mol. The number of hydrogen-bond acceptors (Lipinski definition) is 4. The number of imidazole rings is 1. The molecule has 6 nitrogen and oxygen atoms in total. The molecule has 1 aliphatic rings. The molecule has 0 saturated carbocycles. The standard InChI is InChI=1S/C57H44N5O.Pt/c1-37-38(2)60-36-61(51-25-14-13-22-50(51)56(60)59-37)43-31-41(55-46(39-17-8-6-9-18-39)23-16-24-47(55)40-19-10-7-11-20-40)32-45(34-43)63-44-27-28-49-48-21-12-15-26-52(48)62(53(49)35-44)54-33-42(29-30-58-54)57(3,4)5;/h6-33,36H,1-5H3;/q-3;. The van der Waals surface area contributed by atoms with Gasteiger partial charge in [0.25, 0.3) is 0 Å². The number of hydrogen-bond donors (Lipinski definition) is 0. The van der Waals surface area contributed by atoms with Crippen molar-refractivity contribution in [1.82, 2.24) is 19.1 Å². The fourth-order valence-corrected chi connectivity index (χ4v) is 8.94. The molecule has 64 heavy (non-hydrogen) atoms. The van der Waals surface area contributed by atoms with Crippen LogP contribution in [-0.4, -0.2) is 19.1 Å². The first kappa shape index (κ1) is 40.9. The third-order valence-electron chi connectivity index (χ3n) is 12.3. The number of para-hydroxylation sites is 2. The van der Waals surface area contributed by atoms with Crippen molar-refractivity contribution in [1.29, 1.82) is 0 Å². The van der Waals surface area contributed by atoms with Gasteiger partial charge in [-0.2, -0.15) is 6.07 Å². The number of aryl methyl sites for hydroxylation is 1. The molecule has 10 aromatic rings. The van der Waals surface area contributed by atoms with Gasteiger partial charge >= 0.3 is 0 Å². The molecule has 0 aliphatic carbocycles. The number of rotatable bonds is 7. The van der Waals surface area contributed by atoms with Crippen molar-refractivity contribution in [3.8, 4) is 62.1 Å². The smallest absolute Gasteiger partial charge is 0.135 e. The maximum absolute atomic E-state index is 7.02. The molecule has 0 atom stereocenters. The number of fused-ring (bicyclic) bond motifs is 6. The zero-order valence-corrected chi connectivity index (χ0v) is 38.5. The number of aromatic nitrogens is 4. The van der Waals surface area contributed by atoms with Crippen LogP contribution in [0.15, 0.2) is 170 Å². The van der Waals surface area contributed by atoms with Gasteiger partial charge in [-0.1, -0.05) is 160 Å². The van der Waals surface area contributed by atoms with Gasteiger partial charge < -0.3 is 23.8 Å². The van der Waals surface area contributed by atoms with Crippen LogP contribution >= 0.6 is 0 Å². The van der Waals surface area contributed by atoms with Crippen molar-refractivity contribution in [2.45, 2.75) is 40.0 Å². The van der Waals surface area contributed by atoms with E-state index in [1.807, 2.05) is 12.3 Å². The van der Waals surface area contributed by atoms with E-state index in [4.69, 9.17) is 14.7 Å². The van der Waals surface area contributed by atoms with Crippen molar-refractivity contribution >= 4 is 33.2 Å². The molecule has 316 valence electrons. The van der Waals surface area contributed by atoms with Gasteiger partial charge in [0.05, 0.1) is 0 Å². The summed E-state index contributed by atoms with van der Waals surface area (Å²) in [6.07, 6.45) is 1.90. The molecule has 0 N–H and O–H groups in total. The number of ether oxygens (including phenoxy) is 1. The summed E-state index contributed by atoms with van der Waals surface area (Å²) in [5.74, 6) is 2.90. The Morgan fingerprint density at radius 2 is 1.28 bits per heavy atom. The van der Waals surface area contributed by atoms with E-state index in [2.05, 4.69) is 225 Å². The van der Waals surface area contributed by atoms with Crippen molar-refractivity contribution < 1.29 is 25.8 Å². The van der Waals surface area contributed by atoms with E-state index in [0.29, 0.717) is 11.5 Å². The molecule has 0 amide bonds. The first-order chi connectivity index (χ1) is 30.7. The number of pyridine rings is 1. The third kappa shape index (κ3) is 7.09. The van der Waals surface area contributed by atoms with Gasteiger partial charge in [0, 0.05) is 55.8 Å². The molecule has 0 spiro atoms. The van der Waals surface area contributed by atoms with Crippen LogP contribution in [0, 0.1) is 32.6 Å². The van der Waals surface area contributed by atoms with Gasteiger partial charge in [-0.15, -0.1) is 41.3 Å². The van der Waals surface area contributed by atoms with E-state index < -0.39 is 0 Å². The van der Waals surface area contributed by atoms with Crippen LogP contribution in [-0.2, 0) is 26.5 Å². The second-order valence-electron chi connectivity index (χ2n) is 17.2. The van der Waals surface area contributed by atoms with E-state index >= 15 is 0 Å². The summed E-state index contributed by atoms with van der Waals surface area (Å²) >= 11 is 0. The van der Waals surface area contributed by atoms with Gasteiger partial charge in [-0.05, 0) is 93.3 Å². The number of anilines is 2.